The van der Waals surface area contributed by atoms with Gasteiger partial charge in [0, 0.05) is 26.2 Å². The average molecular weight is 242 g/mol. The largest absolute Gasteiger partial charge is 0.464 e. The van der Waals surface area contributed by atoms with Gasteiger partial charge in [0.1, 0.15) is 5.76 Å². The van der Waals surface area contributed by atoms with E-state index in [9.17, 15) is 4.79 Å². The van der Waals surface area contributed by atoms with Crippen molar-refractivity contribution in [1.82, 2.24) is 4.90 Å². The monoisotopic (exact) mass is 242 g/mol. The Balaban J connectivity index is 2.07. The number of benzene rings is 1. The Morgan fingerprint density at radius 3 is 2.78 bits per heavy atom. The highest BCUT2D eigenvalue weighted by Crippen LogP contribution is 2.31. The van der Waals surface area contributed by atoms with Crippen LogP contribution in [0, 0.1) is 0 Å². The lowest BCUT2D eigenvalue weighted by Gasteiger charge is -2.32. The molecule has 1 aromatic carbocycles. The number of fused-ring (bicyclic) bond motifs is 1. The van der Waals surface area contributed by atoms with Crippen LogP contribution in [0.15, 0.2) is 41.0 Å². The Morgan fingerprint density at radius 2 is 2.06 bits per heavy atom. The normalized spacial score (nSPS) is 14.9. The predicted octanol–water partition coefficient (Wildman–Crippen LogP) is 2.95. The number of rotatable bonds is 1. The number of amides is 2. The highest BCUT2D eigenvalue weighted by molar-refractivity contribution is 5.94. The summed E-state index contributed by atoms with van der Waals surface area (Å²) in [6.45, 7) is 0.632. The maximum atomic E-state index is 11.8. The summed E-state index contributed by atoms with van der Waals surface area (Å²) >= 11 is 0. The van der Waals surface area contributed by atoms with E-state index >= 15 is 0 Å². The molecule has 1 aliphatic rings. The molecule has 0 bridgehead atoms. The molecule has 0 spiro atoms. The van der Waals surface area contributed by atoms with E-state index < -0.39 is 0 Å². The summed E-state index contributed by atoms with van der Waals surface area (Å²) in [5.74, 6) is 0.847. The zero-order valence-electron chi connectivity index (χ0n) is 10.4. The molecule has 1 aliphatic heterocycles. The molecule has 92 valence electrons. The molecule has 2 heterocycles. The van der Waals surface area contributed by atoms with Crippen LogP contribution in [0.2, 0.25) is 0 Å². The number of nitrogens with zero attached hydrogens (tertiary/aromatic N) is 2. The van der Waals surface area contributed by atoms with E-state index in [1.165, 1.54) is 0 Å². The number of furan rings is 1. The number of urea groups is 1. The van der Waals surface area contributed by atoms with Crippen LogP contribution in [-0.2, 0) is 6.54 Å². The predicted molar refractivity (Wildman–Crippen MR) is 69.4 cm³/mol. The summed E-state index contributed by atoms with van der Waals surface area (Å²) in [5, 5.41) is 0. The SMILES string of the molecule is CN1Cc2cc(-c3ccco3)ccc2N(C)C1=O. The second kappa shape index (κ2) is 3.91. The van der Waals surface area contributed by atoms with Gasteiger partial charge < -0.3 is 9.32 Å². The molecule has 0 atom stereocenters. The van der Waals surface area contributed by atoms with Crippen LogP contribution in [0.25, 0.3) is 11.3 Å². The molecule has 0 unspecified atom stereocenters. The maximum Gasteiger partial charge on any atom is 0.324 e. The molecule has 0 N–H and O–H groups in total. The maximum absolute atomic E-state index is 11.8. The van der Waals surface area contributed by atoms with Crippen LogP contribution in [0.4, 0.5) is 10.5 Å². The van der Waals surface area contributed by atoms with Crippen molar-refractivity contribution >= 4 is 11.7 Å². The van der Waals surface area contributed by atoms with E-state index in [0.717, 1.165) is 22.6 Å². The van der Waals surface area contributed by atoms with E-state index in [0.29, 0.717) is 6.54 Å². The van der Waals surface area contributed by atoms with Crippen molar-refractivity contribution in [2.75, 3.05) is 19.0 Å². The number of carbonyl (C=O) groups excluding carboxylic acids is 1. The minimum Gasteiger partial charge on any atom is -0.464 e. The van der Waals surface area contributed by atoms with Gasteiger partial charge in [-0.05, 0) is 35.9 Å². The van der Waals surface area contributed by atoms with Gasteiger partial charge in [0.25, 0.3) is 0 Å². The van der Waals surface area contributed by atoms with Crippen LogP contribution in [0.5, 0.6) is 0 Å². The summed E-state index contributed by atoms with van der Waals surface area (Å²) < 4.78 is 5.39. The van der Waals surface area contributed by atoms with Gasteiger partial charge in [0.15, 0.2) is 0 Å². The summed E-state index contributed by atoms with van der Waals surface area (Å²) in [4.78, 5) is 15.2. The van der Waals surface area contributed by atoms with E-state index in [-0.39, 0.29) is 6.03 Å². The third kappa shape index (κ3) is 1.57. The van der Waals surface area contributed by atoms with Crippen LogP contribution in [-0.4, -0.2) is 25.0 Å². The fourth-order valence-electron chi connectivity index (χ4n) is 2.32. The first kappa shape index (κ1) is 10.9. The zero-order chi connectivity index (χ0) is 12.7. The summed E-state index contributed by atoms with van der Waals surface area (Å²) in [6.07, 6.45) is 1.66. The van der Waals surface area contributed by atoms with Crippen molar-refractivity contribution in [1.29, 1.82) is 0 Å². The molecule has 1 aromatic heterocycles. The lowest BCUT2D eigenvalue weighted by molar-refractivity contribution is 0.212. The molecule has 0 saturated heterocycles. The topological polar surface area (TPSA) is 36.7 Å². The highest BCUT2D eigenvalue weighted by atomic mass is 16.3. The van der Waals surface area contributed by atoms with Gasteiger partial charge >= 0.3 is 6.03 Å². The molecule has 0 aliphatic carbocycles. The Bertz CT molecular complexity index is 590. The number of carbonyl (C=O) groups is 1. The summed E-state index contributed by atoms with van der Waals surface area (Å²) in [6, 6.07) is 9.85. The smallest absolute Gasteiger partial charge is 0.324 e. The van der Waals surface area contributed by atoms with Gasteiger partial charge in [-0.1, -0.05) is 0 Å². The highest BCUT2D eigenvalue weighted by Gasteiger charge is 2.25. The number of hydrogen-bond acceptors (Lipinski definition) is 2. The molecule has 2 aromatic rings. The van der Waals surface area contributed by atoms with E-state index in [2.05, 4.69) is 6.07 Å². The summed E-state index contributed by atoms with van der Waals surface area (Å²) in [7, 11) is 3.60. The van der Waals surface area contributed by atoms with Crippen LogP contribution in [0.3, 0.4) is 0 Å². The lowest BCUT2D eigenvalue weighted by Crippen LogP contribution is -2.42. The van der Waals surface area contributed by atoms with Crippen molar-refractivity contribution in [3.63, 3.8) is 0 Å². The third-order valence-corrected chi connectivity index (χ3v) is 3.27. The van der Waals surface area contributed by atoms with Gasteiger partial charge in [-0.25, -0.2) is 4.79 Å². The quantitative estimate of drug-likeness (QED) is 0.771. The van der Waals surface area contributed by atoms with E-state index in [4.69, 9.17) is 4.42 Å². The lowest BCUT2D eigenvalue weighted by atomic mass is 10.0. The van der Waals surface area contributed by atoms with Crippen molar-refractivity contribution < 1.29 is 9.21 Å². The fourth-order valence-corrected chi connectivity index (χ4v) is 2.32. The first-order valence-electron chi connectivity index (χ1n) is 5.82. The number of hydrogen-bond donors (Lipinski definition) is 0. The number of anilines is 1. The molecule has 0 fully saturated rings. The van der Waals surface area contributed by atoms with Gasteiger partial charge in [0.05, 0.1) is 12.0 Å². The standard InChI is InChI=1S/C14H14N2O2/c1-15-9-11-8-10(13-4-3-7-18-13)5-6-12(11)16(2)14(15)17/h3-8H,9H2,1-2H3. The van der Waals surface area contributed by atoms with Crippen molar-refractivity contribution in [3.8, 4) is 11.3 Å². The Morgan fingerprint density at radius 1 is 1.22 bits per heavy atom. The van der Waals surface area contributed by atoms with Gasteiger partial charge in [-0.2, -0.15) is 0 Å². The van der Waals surface area contributed by atoms with Crippen molar-refractivity contribution in [2.24, 2.45) is 0 Å². The Hall–Kier alpha value is -2.23. The minimum absolute atomic E-state index is 0.0215. The van der Waals surface area contributed by atoms with Crippen LogP contribution >= 0.6 is 0 Å². The molecular weight excluding hydrogens is 228 g/mol. The molecular formula is C14H14N2O2. The van der Waals surface area contributed by atoms with Gasteiger partial charge in [0.2, 0.25) is 0 Å². The van der Waals surface area contributed by atoms with Crippen molar-refractivity contribution in [3.05, 3.63) is 42.2 Å². The van der Waals surface area contributed by atoms with Gasteiger partial charge in [-0.3, -0.25) is 4.90 Å². The molecule has 0 saturated carbocycles. The molecule has 2 amide bonds. The molecule has 3 rings (SSSR count). The molecule has 18 heavy (non-hydrogen) atoms. The molecule has 0 radical (unpaired) electrons. The zero-order valence-corrected chi connectivity index (χ0v) is 10.4. The second-order valence-electron chi connectivity index (χ2n) is 4.52. The van der Waals surface area contributed by atoms with Crippen LogP contribution in [0.1, 0.15) is 5.56 Å². The fraction of sp³-hybridized carbons (Fsp3) is 0.214. The van der Waals surface area contributed by atoms with Gasteiger partial charge in [-0.15, -0.1) is 0 Å². The van der Waals surface area contributed by atoms with E-state index in [1.54, 1.807) is 30.2 Å². The van der Waals surface area contributed by atoms with E-state index in [1.807, 2.05) is 24.3 Å². The minimum atomic E-state index is 0.0215. The Labute approximate surface area is 105 Å². The second-order valence-corrected chi connectivity index (χ2v) is 4.52. The van der Waals surface area contributed by atoms with Crippen LogP contribution < -0.4 is 4.90 Å². The average Bonchev–Trinajstić information content (AvgIpc) is 2.89. The Kier molecular flexibility index (Phi) is 2.37. The molecule has 4 nitrogen and oxygen atoms in total. The van der Waals surface area contributed by atoms with Crippen molar-refractivity contribution in [2.45, 2.75) is 6.54 Å². The first-order valence-corrected chi connectivity index (χ1v) is 5.82. The molecule has 4 heteroatoms. The summed E-state index contributed by atoms with van der Waals surface area (Å²) in [5.41, 5.74) is 3.14. The third-order valence-electron chi connectivity index (χ3n) is 3.27. The first-order chi connectivity index (χ1) is 8.66.